The van der Waals surface area contributed by atoms with Crippen LogP contribution in [-0.4, -0.2) is 12.9 Å². The van der Waals surface area contributed by atoms with E-state index in [2.05, 4.69) is 67.5 Å². The summed E-state index contributed by atoms with van der Waals surface area (Å²) in [5, 5.41) is 3.51. The minimum absolute atomic E-state index is 0.384. The summed E-state index contributed by atoms with van der Waals surface area (Å²) in [6.07, 6.45) is 3.96. The Morgan fingerprint density at radius 1 is 1.00 bits per heavy atom. The maximum absolute atomic E-state index is 3.51. The smallest absolute Gasteiger partial charge is 0.221 e. The molecule has 1 aliphatic rings. The summed E-state index contributed by atoms with van der Waals surface area (Å²) in [6.45, 7) is 21.7. The third kappa shape index (κ3) is 5.49. The van der Waals surface area contributed by atoms with E-state index >= 15 is 0 Å². The number of hydrogen-bond acceptors (Lipinski definition) is 1. The van der Waals surface area contributed by atoms with Gasteiger partial charge in [0.1, 0.15) is 0 Å². The first-order valence-electron chi connectivity index (χ1n) is 8.00. The first-order chi connectivity index (χ1) is 8.25. The molecule has 0 aromatic heterocycles. The molecule has 2 atom stereocenters. The predicted octanol–water partition coefficient (Wildman–Crippen LogP) is 4.56. The molecule has 1 heterocycles. The summed E-state index contributed by atoms with van der Waals surface area (Å²) in [4.78, 5) is 0. The minimum Gasteiger partial charge on any atom is -0.358 e. The lowest BCUT2D eigenvalue weighted by Crippen LogP contribution is -2.38. The Morgan fingerprint density at radius 2 is 1.47 bits per heavy atom. The van der Waals surface area contributed by atoms with Crippen molar-refractivity contribution in [2.45, 2.75) is 87.0 Å². The standard InChI is InChI=1S/C17H36BN/c1-14(2,3)12-13(15(4,5)6)16(7,8)10-11-17(9)18-19-17/h13,18-19H,10-12H2,1-9H3. The fourth-order valence-electron chi connectivity index (χ4n) is 3.47. The molecule has 112 valence electrons. The van der Waals surface area contributed by atoms with E-state index < -0.39 is 0 Å². The van der Waals surface area contributed by atoms with Crippen molar-refractivity contribution in [1.29, 1.82) is 0 Å². The highest BCUT2D eigenvalue weighted by molar-refractivity contribution is 6.49. The van der Waals surface area contributed by atoms with Crippen molar-refractivity contribution in [1.82, 2.24) is 5.23 Å². The van der Waals surface area contributed by atoms with Gasteiger partial charge < -0.3 is 5.23 Å². The summed E-state index contributed by atoms with van der Waals surface area (Å²) in [6, 6.07) is 0. The predicted molar refractivity (Wildman–Crippen MR) is 88.7 cm³/mol. The summed E-state index contributed by atoms with van der Waals surface area (Å²) in [5.74, 6) is 0.766. The molecule has 1 N–H and O–H groups in total. The molecule has 0 aromatic carbocycles. The molecule has 0 amide bonds. The molecule has 0 radical (unpaired) electrons. The first-order valence-corrected chi connectivity index (χ1v) is 8.00. The Morgan fingerprint density at radius 3 is 1.79 bits per heavy atom. The molecular formula is C17H36BN. The average Bonchev–Trinajstić information content (AvgIpc) is 2.88. The van der Waals surface area contributed by atoms with E-state index in [9.17, 15) is 0 Å². The lowest BCUT2D eigenvalue weighted by atomic mass is 9.59. The third-order valence-corrected chi connectivity index (χ3v) is 4.91. The normalized spacial score (nSPS) is 25.9. The van der Waals surface area contributed by atoms with Gasteiger partial charge in [0.2, 0.25) is 7.41 Å². The Balaban J connectivity index is 2.76. The van der Waals surface area contributed by atoms with Gasteiger partial charge in [-0.05, 0) is 46.9 Å². The zero-order valence-corrected chi connectivity index (χ0v) is 14.9. The molecular weight excluding hydrogens is 229 g/mol. The van der Waals surface area contributed by atoms with Gasteiger partial charge in [-0.3, -0.25) is 0 Å². The van der Waals surface area contributed by atoms with Crippen molar-refractivity contribution >= 4 is 7.41 Å². The van der Waals surface area contributed by atoms with Gasteiger partial charge in [0.15, 0.2) is 0 Å². The molecule has 1 rings (SSSR count). The Bertz CT molecular complexity index is 302. The lowest BCUT2D eigenvalue weighted by molar-refractivity contribution is 0.0373. The van der Waals surface area contributed by atoms with Gasteiger partial charge in [-0.15, -0.1) is 0 Å². The van der Waals surface area contributed by atoms with Gasteiger partial charge in [-0.1, -0.05) is 62.3 Å². The van der Waals surface area contributed by atoms with Crippen LogP contribution in [0.25, 0.3) is 0 Å². The van der Waals surface area contributed by atoms with Crippen molar-refractivity contribution in [3.63, 3.8) is 0 Å². The fourth-order valence-corrected chi connectivity index (χ4v) is 3.47. The first kappa shape index (κ1) is 17.1. The van der Waals surface area contributed by atoms with Crippen molar-refractivity contribution in [3.05, 3.63) is 0 Å². The second kappa shape index (κ2) is 5.09. The van der Waals surface area contributed by atoms with E-state index in [1.165, 1.54) is 26.7 Å². The van der Waals surface area contributed by atoms with Crippen LogP contribution in [0.4, 0.5) is 0 Å². The van der Waals surface area contributed by atoms with E-state index in [-0.39, 0.29) is 0 Å². The lowest BCUT2D eigenvalue weighted by Gasteiger charge is -2.46. The third-order valence-electron chi connectivity index (χ3n) is 4.91. The molecule has 0 aliphatic carbocycles. The van der Waals surface area contributed by atoms with E-state index in [1.54, 1.807) is 0 Å². The van der Waals surface area contributed by atoms with Crippen LogP contribution >= 0.6 is 0 Å². The maximum Gasteiger partial charge on any atom is 0.221 e. The molecule has 19 heavy (non-hydrogen) atoms. The molecule has 2 heteroatoms. The molecule has 1 aliphatic heterocycles. The zero-order valence-electron chi connectivity index (χ0n) is 14.9. The number of nitrogens with one attached hydrogen (secondary N) is 1. The SMILES string of the molecule is CC(C)(C)CC(C(C)(C)C)C(C)(C)CCC1(C)BN1. The zero-order chi connectivity index (χ0) is 15.1. The molecule has 1 fully saturated rings. The number of rotatable bonds is 5. The highest BCUT2D eigenvalue weighted by atomic mass is 15.0. The van der Waals surface area contributed by atoms with Gasteiger partial charge in [-0.2, -0.15) is 0 Å². The topological polar surface area (TPSA) is 21.9 Å². The quantitative estimate of drug-likeness (QED) is 0.571. The Kier molecular flexibility index (Phi) is 4.58. The Labute approximate surface area is 122 Å². The molecule has 1 nitrogen and oxygen atoms in total. The largest absolute Gasteiger partial charge is 0.358 e. The number of hydrogen-bond donors (Lipinski definition) is 1. The molecule has 1 saturated heterocycles. The van der Waals surface area contributed by atoms with Gasteiger partial charge in [0.05, 0.1) is 0 Å². The van der Waals surface area contributed by atoms with Gasteiger partial charge in [0.25, 0.3) is 0 Å². The Hall–Kier alpha value is 0.0249. The van der Waals surface area contributed by atoms with Crippen LogP contribution in [0.3, 0.4) is 0 Å². The highest BCUT2D eigenvalue weighted by Crippen LogP contribution is 2.49. The molecule has 0 spiro atoms. The minimum atomic E-state index is 0.384. The van der Waals surface area contributed by atoms with Crippen LogP contribution < -0.4 is 5.23 Å². The van der Waals surface area contributed by atoms with Gasteiger partial charge in [0, 0.05) is 0 Å². The molecule has 2 unspecified atom stereocenters. The van der Waals surface area contributed by atoms with Crippen LogP contribution in [0.2, 0.25) is 0 Å². The molecule has 0 bridgehead atoms. The highest BCUT2D eigenvalue weighted by Gasteiger charge is 2.44. The summed E-state index contributed by atoms with van der Waals surface area (Å²) in [5.41, 5.74) is 1.66. The van der Waals surface area contributed by atoms with Gasteiger partial charge >= 0.3 is 0 Å². The van der Waals surface area contributed by atoms with Crippen molar-refractivity contribution in [2.24, 2.45) is 22.2 Å². The summed E-state index contributed by atoms with van der Waals surface area (Å²) < 4.78 is 0. The average molecular weight is 265 g/mol. The molecule has 0 aromatic rings. The van der Waals surface area contributed by atoms with E-state index in [4.69, 9.17) is 0 Å². The van der Waals surface area contributed by atoms with E-state index in [0.717, 1.165) is 5.92 Å². The van der Waals surface area contributed by atoms with Crippen LogP contribution in [0, 0.1) is 22.2 Å². The monoisotopic (exact) mass is 265 g/mol. The summed E-state index contributed by atoms with van der Waals surface area (Å²) >= 11 is 0. The van der Waals surface area contributed by atoms with E-state index in [1.807, 2.05) is 0 Å². The van der Waals surface area contributed by atoms with Crippen molar-refractivity contribution in [2.75, 3.05) is 0 Å². The molecule has 0 saturated carbocycles. The van der Waals surface area contributed by atoms with Crippen LogP contribution in [0.15, 0.2) is 0 Å². The van der Waals surface area contributed by atoms with Crippen molar-refractivity contribution < 1.29 is 0 Å². The van der Waals surface area contributed by atoms with Crippen LogP contribution in [0.1, 0.15) is 81.6 Å². The van der Waals surface area contributed by atoms with E-state index in [0.29, 0.717) is 21.7 Å². The second-order valence-corrected chi connectivity index (χ2v) is 10.1. The maximum atomic E-state index is 3.51. The second-order valence-electron chi connectivity index (χ2n) is 10.1. The van der Waals surface area contributed by atoms with Gasteiger partial charge in [-0.25, -0.2) is 0 Å². The van der Waals surface area contributed by atoms with Crippen LogP contribution in [-0.2, 0) is 0 Å². The fraction of sp³-hybridized carbons (Fsp3) is 1.00. The van der Waals surface area contributed by atoms with Crippen LogP contribution in [0.5, 0.6) is 0 Å². The van der Waals surface area contributed by atoms with Crippen molar-refractivity contribution in [3.8, 4) is 0 Å². The summed E-state index contributed by atoms with van der Waals surface area (Å²) in [7, 11) is 1.21.